The lowest BCUT2D eigenvalue weighted by molar-refractivity contribution is 0.193. The summed E-state index contributed by atoms with van der Waals surface area (Å²) in [5.74, 6) is 0. The van der Waals surface area contributed by atoms with Gasteiger partial charge >= 0.3 is 6.03 Å². The summed E-state index contributed by atoms with van der Waals surface area (Å²) < 4.78 is 1.17. The fourth-order valence-corrected chi connectivity index (χ4v) is 2.74. The van der Waals surface area contributed by atoms with Gasteiger partial charge in [0.25, 0.3) is 0 Å². The van der Waals surface area contributed by atoms with E-state index in [0.29, 0.717) is 6.04 Å². The second kappa shape index (κ2) is 5.82. The van der Waals surface area contributed by atoms with Gasteiger partial charge in [-0.15, -0.1) is 0 Å². The van der Waals surface area contributed by atoms with Crippen LogP contribution < -0.4 is 11.1 Å². The summed E-state index contributed by atoms with van der Waals surface area (Å²) in [6.07, 6.45) is 1.88. The van der Waals surface area contributed by atoms with E-state index < -0.39 is 0 Å². The third-order valence-electron chi connectivity index (χ3n) is 3.61. The van der Waals surface area contributed by atoms with Crippen molar-refractivity contribution in [1.29, 1.82) is 0 Å². The number of carbonyl (C=O) groups excluding carboxylic acids is 1. The van der Waals surface area contributed by atoms with Gasteiger partial charge < -0.3 is 16.0 Å². The Bertz CT molecular complexity index is 459. The molecule has 1 aromatic carbocycles. The first-order valence-corrected chi connectivity index (χ1v) is 7.34. The molecule has 1 fully saturated rings. The summed E-state index contributed by atoms with van der Waals surface area (Å²) in [5.41, 5.74) is 8.90. The van der Waals surface area contributed by atoms with Crippen molar-refractivity contribution >= 4 is 27.6 Å². The highest BCUT2D eigenvalue weighted by Crippen LogP contribution is 2.26. The second-order valence-electron chi connectivity index (χ2n) is 5.17. The van der Waals surface area contributed by atoms with Crippen LogP contribution in [-0.2, 0) is 0 Å². The summed E-state index contributed by atoms with van der Waals surface area (Å²) in [6, 6.07) is 4.40. The van der Waals surface area contributed by atoms with E-state index >= 15 is 0 Å². The van der Waals surface area contributed by atoms with Gasteiger partial charge in [-0.2, -0.15) is 0 Å². The van der Waals surface area contributed by atoms with Gasteiger partial charge in [-0.3, -0.25) is 0 Å². The first-order chi connectivity index (χ1) is 8.97. The zero-order chi connectivity index (χ0) is 14.0. The molecule has 0 unspecified atom stereocenters. The van der Waals surface area contributed by atoms with Gasteiger partial charge in [0.05, 0.1) is 0 Å². The highest BCUT2D eigenvalue weighted by Gasteiger charge is 2.21. The van der Waals surface area contributed by atoms with Crippen molar-refractivity contribution in [3.63, 3.8) is 0 Å². The fourth-order valence-electron chi connectivity index (χ4n) is 2.51. The number of hydrogen-bond acceptors (Lipinski definition) is 2. The van der Waals surface area contributed by atoms with Crippen molar-refractivity contribution in [1.82, 2.24) is 4.90 Å². The smallest absolute Gasteiger partial charge is 0.314 e. The molecular formula is C14H20BrN3O. The number of primary amides is 1. The Morgan fingerprint density at radius 3 is 2.32 bits per heavy atom. The highest BCUT2D eigenvalue weighted by molar-refractivity contribution is 9.10. The van der Waals surface area contributed by atoms with E-state index in [0.717, 1.165) is 31.6 Å². The summed E-state index contributed by atoms with van der Waals surface area (Å²) >= 11 is 3.58. The Hall–Kier alpha value is -1.23. The number of halogens is 1. The van der Waals surface area contributed by atoms with Crippen LogP contribution in [0.15, 0.2) is 16.6 Å². The van der Waals surface area contributed by atoms with E-state index in [-0.39, 0.29) is 6.03 Å². The molecule has 104 valence electrons. The number of aryl methyl sites for hydroxylation is 2. The van der Waals surface area contributed by atoms with Crippen LogP contribution in [0.2, 0.25) is 0 Å². The Balaban J connectivity index is 1.98. The fraction of sp³-hybridized carbons (Fsp3) is 0.500. The van der Waals surface area contributed by atoms with Gasteiger partial charge in [0.2, 0.25) is 0 Å². The normalized spacial score (nSPS) is 16.5. The number of nitrogens with one attached hydrogen (secondary N) is 1. The van der Waals surface area contributed by atoms with Crippen LogP contribution in [0.5, 0.6) is 0 Å². The van der Waals surface area contributed by atoms with Crippen LogP contribution in [0, 0.1) is 13.8 Å². The molecule has 1 aliphatic heterocycles. The zero-order valence-electron chi connectivity index (χ0n) is 11.4. The molecule has 2 amide bonds. The minimum atomic E-state index is -0.311. The lowest BCUT2D eigenvalue weighted by Crippen LogP contribution is -2.44. The molecule has 0 spiro atoms. The molecule has 3 N–H and O–H groups in total. The number of hydrogen-bond donors (Lipinski definition) is 2. The number of nitrogens with two attached hydrogens (primary N) is 1. The number of piperidine rings is 1. The molecule has 5 heteroatoms. The first-order valence-electron chi connectivity index (χ1n) is 6.55. The number of anilines is 1. The van der Waals surface area contributed by atoms with Gasteiger partial charge in [-0.25, -0.2) is 4.79 Å². The number of rotatable bonds is 2. The van der Waals surface area contributed by atoms with Crippen LogP contribution in [0.4, 0.5) is 10.5 Å². The lowest BCUT2D eigenvalue weighted by Gasteiger charge is -2.32. The third kappa shape index (κ3) is 3.41. The number of urea groups is 1. The first kappa shape index (κ1) is 14.2. The largest absolute Gasteiger partial charge is 0.382 e. The number of likely N-dealkylation sites (tertiary alicyclic amines) is 1. The van der Waals surface area contributed by atoms with E-state index in [1.54, 1.807) is 4.90 Å². The third-order valence-corrected chi connectivity index (χ3v) is 4.86. The number of benzene rings is 1. The predicted octanol–water partition coefficient (Wildman–Crippen LogP) is 3.02. The van der Waals surface area contributed by atoms with E-state index in [1.807, 2.05) is 0 Å². The topological polar surface area (TPSA) is 58.4 Å². The maximum Gasteiger partial charge on any atom is 0.314 e. The van der Waals surface area contributed by atoms with Gasteiger partial charge in [0, 0.05) is 29.3 Å². The van der Waals surface area contributed by atoms with Crippen molar-refractivity contribution in [2.75, 3.05) is 18.4 Å². The van der Waals surface area contributed by atoms with Crippen molar-refractivity contribution in [2.45, 2.75) is 32.7 Å². The molecule has 1 aromatic rings. The van der Waals surface area contributed by atoms with Crippen LogP contribution in [-0.4, -0.2) is 30.1 Å². The molecule has 0 aliphatic carbocycles. The maximum atomic E-state index is 11.1. The van der Waals surface area contributed by atoms with Crippen LogP contribution in [0.1, 0.15) is 24.0 Å². The average molecular weight is 326 g/mol. The Morgan fingerprint density at radius 1 is 1.32 bits per heavy atom. The van der Waals surface area contributed by atoms with Crippen LogP contribution >= 0.6 is 15.9 Å². The van der Waals surface area contributed by atoms with E-state index in [2.05, 4.69) is 47.2 Å². The maximum absolute atomic E-state index is 11.1. The molecule has 1 heterocycles. The Morgan fingerprint density at radius 2 is 1.84 bits per heavy atom. The minimum Gasteiger partial charge on any atom is -0.382 e. The predicted molar refractivity (Wildman–Crippen MR) is 81.4 cm³/mol. The van der Waals surface area contributed by atoms with E-state index in [9.17, 15) is 4.79 Å². The standard InChI is InChI=1S/C14H20BrN3O/c1-9-7-12(8-10(2)13(9)15)17-11-3-5-18(6-4-11)14(16)19/h7-8,11,17H,3-6H2,1-2H3,(H2,16,19). The summed E-state index contributed by atoms with van der Waals surface area (Å²) in [6.45, 7) is 5.67. The summed E-state index contributed by atoms with van der Waals surface area (Å²) in [7, 11) is 0. The van der Waals surface area contributed by atoms with Crippen LogP contribution in [0.3, 0.4) is 0 Å². The molecule has 2 rings (SSSR count). The average Bonchev–Trinajstić information content (AvgIpc) is 2.36. The summed E-state index contributed by atoms with van der Waals surface area (Å²) in [4.78, 5) is 12.8. The number of nitrogens with zero attached hydrogens (tertiary/aromatic N) is 1. The number of amides is 2. The van der Waals surface area contributed by atoms with Gasteiger partial charge in [0.1, 0.15) is 0 Å². The minimum absolute atomic E-state index is 0.311. The molecular weight excluding hydrogens is 306 g/mol. The molecule has 1 saturated heterocycles. The zero-order valence-corrected chi connectivity index (χ0v) is 13.0. The molecule has 0 atom stereocenters. The Labute approximate surface area is 122 Å². The van der Waals surface area contributed by atoms with Crippen LogP contribution in [0.25, 0.3) is 0 Å². The quantitative estimate of drug-likeness (QED) is 0.878. The van der Waals surface area contributed by atoms with Crippen molar-refractivity contribution in [3.05, 3.63) is 27.7 Å². The van der Waals surface area contributed by atoms with Gasteiger partial charge in [-0.05, 0) is 49.9 Å². The molecule has 0 bridgehead atoms. The summed E-state index contributed by atoms with van der Waals surface area (Å²) in [5, 5.41) is 3.55. The molecule has 0 saturated carbocycles. The molecule has 4 nitrogen and oxygen atoms in total. The van der Waals surface area contributed by atoms with Crippen molar-refractivity contribution < 1.29 is 4.79 Å². The molecule has 0 aromatic heterocycles. The molecule has 19 heavy (non-hydrogen) atoms. The Kier molecular flexibility index (Phi) is 4.34. The number of carbonyl (C=O) groups is 1. The SMILES string of the molecule is Cc1cc(NC2CCN(C(N)=O)CC2)cc(C)c1Br. The van der Waals surface area contributed by atoms with Gasteiger partial charge in [-0.1, -0.05) is 15.9 Å². The molecule has 0 radical (unpaired) electrons. The molecule has 1 aliphatic rings. The van der Waals surface area contributed by atoms with Crippen molar-refractivity contribution in [3.8, 4) is 0 Å². The van der Waals surface area contributed by atoms with E-state index in [4.69, 9.17) is 5.73 Å². The monoisotopic (exact) mass is 325 g/mol. The highest BCUT2D eigenvalue weighted by atomic mass is 79.9. The van der Waals surface area contributed by atoms with Gasteiger partial charge in [0.15, 0.2) is 0 Å². The second-order valence-corrected chi connectivity index (χ2v) is 5.96. The van der Waals surface area contributed by atoms with E-state index in [1.165, 1.54) is 15.6 Å². The van der Waals surface area contributed by atoms with Crippen molar-refractivity contribution in [2.24, 2.45) is 5.73 Å². The lowest BCUT2D eigenvalue weighted by atomic mass is 10.0.